The van der Waals surface area contributed by atoms with E-state index >= 15 is 0 Å². The second-order valence-corrected chi connectivity index (χ2v) is 7.62. The predicted octanol–water partition coefficient (Wildman–Crippen LogP) is 4.31. The molecule has 3 heterocycles. The molecule has 4 aromatic rings. The molecule has 0 fully saturated rings. The summed E-state index contributed by atoms with van der Waals surface area (Å²) in [5.74, 6) is 0.878. The minimum absolute atomic E-state index is 0.172. The quantitative estimate of drug-likeness (QED) is 0.554. The van der Waals surface area contributed by atoms with E-state index in [0.717, 1.165) is 51.7 Å². The molecule has 0 spiro atoms. The number of aryl methyl sites for hydroxylation is 1. The number of aromatic amines is 1. The van der Waals surface area contributed by atoms with E-state index in [0.29, 0.717) is 12.2 Å². The van der Waals surface area contributed by atoms with Crippen LogP contribution in [-0.4, -0.2) is 22.9 Å². The molecule has 5 heteroatoms. The molecular weight excluding hydrogens is 360 g/mol. The van der Waals surface area contributed by atoms with E-state index < -0.39 is 0 Å². The Morgan fingerprint density at radius 1 is 1.07 bits per heavy atom. The molecule has 0 unspecified atom stereocenters. The topological polar surface area (TPSA) is 75.0 Å². The van der Waals surface area contributed by atoms with E-state index in [9.17, 15) is 4.79 Å². The lowest BCUT2D eigenvalue weighted by Gasteiger charge is -2.26. The molecule has 2 aromatic heterocycles. The van der Waals surface area contributed by atoms with Gasteiger partial charge in [-0.25, -0.2) is 0 Å². The zero-order chi connectivity index (χ0) is 20.0. The average molecular weight is 382 g/mol. The number of nitrogen functional groups attached to an aromatic ring is 1. The summed E-state index contributed by atoms with van der Waals surface area (Å²) in [5.41, 5.74) is 13.9. The van der Waals surface area contributed by atoms with Crippen LogP contribution in [0.5, 0.6) is 0 Å². The second kappa shape index (κ2) is 6.78. The van der Waals surface area contributed by atoms with Gasteiger partial charge in [0.05, 0.1) is 0 Å². The number of carbonyl (C=O) groups is 1. The number of carbonyl (C=O) groups excluding carboxylic acids is 1. The standard InChI is InChI=1S/C24H22N4O/c1-28-22-8-6-16(12-17(22)7-9-23(28)29)18-10-15(13-26-14-18)11-20-19-4-2-3-5-21(19)27-24(20)25/h2-6,8,10,12-14,27H,7,9,11,25H2,1H3. The van der Waals surface area contributed by atoms with E-state index in [4.69, 9.17) is 5.73 Å². The average Bonchev–Trinajstić information content (AvgIpc) is 3.06. The maximum Gasteiger partial charge on any atom is 0.227 e. The molecule has 5 nitrogen and oxygen atoms in total. The number of para-hydroxylation sites is 1. The van der Waals surface area contributed by atoms with Crippen LogP contribution in [0.15, 0.2) is 60.9 Å². The summed E-state index contributed by atoms with van der Waals surface area (Å²) in [6, 6.07) is 16.6. The van der Waals surface area contributed by atoms with Crippen molar-refractivity contribution in [1.82, 2.24) is 9.97 Å². The third-order valence-electron chi connectivity index (χ3n) is 5.78. The van der Waals surface area contributed by atoms with Gasteiger partial charge < -0.3 is 15.6 Å². The van der Waals surface area contributed by atoms with Crippen molar-refractivity contribution in [2.75, 3.05) is 17.7 Å². The fourth-order valence-electron chi connectivity index (χ4n) is 4.19. The fraction of sp³-hybridized carbons (Fsp3) is 0.167. The van der Waals surface area contributed by atoms with Crippen LogP contribution in [-0.2, 0) is 17.6 Å². The summed E-state index contributed by atoms with van der Waals surface area (Å²) < 4.78 is 0. The molecule has 5 rings (SSSR count). The van der Waals surface area contributed by atoms with Crippen molar-refractivity contribution in [2.45, 2.75) is 19.3 Å². The third-order valence-corrected chi connectivity index (χ3v) is 5.78. The molecule has 0 aliphatic carbocycles. The van der Waals surface area contributed by atoms with E-state index in [1.807, 2.05) is 43.7 Å². The van der Waals surface area contributed by atoms with Gasteiger partial charge in [-0.2, -0.15) is 0 Å². The minimum atomic E-state index is 0.172. The highest BCUT2D eigenvalue weighted by molar-refractivity contribution is 5.96. The monoisotopic (exact) mass is 382 g/mol. The van der Waals surface area contributed by atoms with Gasteiger partial charge in [-0.3, -0.25) is 9.78 Å². The van der Waals surface area contributed by atoms with Crippen molar-refractivity contribution >= 4 is 28.3 Å². The Morgan fingerprint density at radius 3 is 2.83 bits per heavy atom. The lowest BCUT2D eigenvalue weighted by molar-refractivity contribution is -0.118. The summed E-state index contributed by atoms with van der Waals surface area (Å²) in [6.07, 6.45) is 5.85. The molecule has 0 saturated heterocycles. The van der Waals surface area contributed by atoms with Crippen molar-refractivity contribution in [3.05, 3.63) is 77.6 Å². The van der Waals surface area contributed by atoms with Crippen LogP contribution in [0.2, 0.25) is 0 Å². The highest BCUT2D eigenvalue weighted by Crippen LogP contribution is 2.32. The molecule has 1 aliphatic heterocycles. The zero-order valence-corrected chi connectivity index (χ0v) is 16.3. The van der Waals surface area contributed by atoms with E-state index in [1.54, 1.807) is 4.90 Å². The van der Waals surface area contributed by atoms with Gasteiger partial charge in [0.2, 0.25) is 5.91 Å². The first kappa shape index (κ1) is 17.5. The summed E-state index contributed by atoms with van der Waals surface area (Å²) in [4.78, 5) is 21.4. The maximum absolute atomic E-state index is 11.9. The molecule has 29 heavy (non-hydrogen) atoms. The highest BCUT2D eigenvalue weighted by atomic mass is 16.2. The maximum atomic E-state index is 11.9. The van der Waals surface area contributed by atoms with Crippen molar-refractivity contribution in [1.29, 1.82) is 0 Å². The van der Waals surface area contributed by atoms with Crippen LogP contribution in [0, 0.1) is 0 Å². The summed E-state index contributed by atoms with van der Waals surface area (Å²) in [7, 11) is 1.84. The van der Waals surface area contributed by atoms with Crippen LogP contribution >= 0.6 is 0 Å². The number of aromatic nitrogens is 2. The number of pyridine rings is 1. The van der Waals surface area contributed by atoms with Crippen LogP contribution in [0.3, 0.4) is 0 Å². The first-order chi connectivity index (χ1) is 14.1. The largest absolute Gasteiger partial charge is 0.385 e. The Balaban J connectivity index is 1.49. The Kier molecular flexibility index (Phi) is 4.09. The first-order valence-electron chi connectivity index (χ1n) is 9.79. The van der Waals surface area contributed by atoms with Crippen LogP contribution in [0.4, 0.5) is 11.5 Å². The highest BCUT2D eigenvalue weighted by Gasteiger charge is 2.21. The zero-order valence-electron chi connectivity index (χ0n) is 16.3. The lowest BCUT2D eigenvalue weighted by atomic mass is 9.95. The van der Waals surface area contributed by atoms with Gasteiger partial charge in [-0.05, 0) is 47.4 Å². The van der Waals surface area contributed by atoms with E-state index in [1.165, 1.54) is 5.56 Å². The van der Waals surface area contributed by atoms with E-state index in [-0.39, 0.29) is 5.91 Å². The van der Waals surface area contributed by atoms with Gasteiger partial charge in [0.15, 0.2) is 0 Å². The van der Waals surface area contributed by atoms with Gasteiger partial charge in [0.25, 0.3) is 0 Å². The number of hydrogen-bond acceptors (Lipinski definition) is 3. The Bertz CT molecular complexity index is 1240. The van der Waals surface area contributed by atoms with Crippen LogP contribution in [0.25, 0.3) is 22.0 Å². The molecule has 0 radical (unpaired) electrons. The minimum Gasteiger partial charge on any atom is -0.385 e. The number of H-pyrrole nitrogens is 1. The van der Waals surface area contributed by atoms with Gasteiger partial charge in [-0.1, -0.05) is 24.3 Å². The normalized spacial score (nSPS) is 13.7. The van der Waals surface area contributed by atoms with Crippen molar-refractivity contribution in [3.63, 3.8) is 0 Å². The number of amides is 1. The van der Waals surface area contributed by atoms with Crippen LogP contribution in [0.1, 0.15) is 23.1 Å². The van der Waals surface area contributed by atoms with Gasteiger partial charge in [0, 0.05) is 60.0 Å². The van der Waals surface area contributed by atoms with Gasteiger partial charge in [0.1, 0.15) is 5.82 Å². The SMILES string of the molecule is CN1C(=O)CCc2cc(-c3cncc(Cc4c(N)[nH]c5ccccc45)c3)ccc21. The predicted molar refractivity (Wildman–Crippen MR) is 117 cm³/mol. The number of nitrogens with one attached hydrogen (secondary N) is 1. The number of fused-ring (bicyclic) bond motifs is 2. The number of hydrogen-bond donors (Lipinski definition) is 2. The van der Waals surface area contributed by atoms with Crippen molar-refractivity contribution < 1.29 is 4.79 Å². The molecular formula is C24H22N4O. The van der Waals surface area contributed by atoms with Crippen LogP contribution < -0.4 is 10.6 Å². The first-order valence-corrected chi connectivity index (χ1v) is 9.79. The summed E-state index contributed by atoms with van der Waals surface area (Å²) in [5, 5.41) is 1.15. The molecule has 3 N–H and O–H groups in total. The number of benzene rings is 2. The third kappa shape index (κ3) is 3.05. The number of nitrogens with zero attached hydrogens (tertiary/aromatic N) is 2. The van der Waals surface area contributed by atoms with Gasteiger partial charge >= 0.3 is 0 Å². The number of anilines is 2. The number of nitrogens with two attached hydrogens (primary N) is 1. The summed E-state index contributed by atoms with van der Waals surface area (Å²) in [6.45, 7) is 0. The molecule has 2 aromatic carbocycles. The van der Waals surface area contributed by atoms with Crippen molar-refractivity contribution in [3.8, 4) is 11.1 Å². The van der Waals surface area contributed by atoms with E-state index in [2.05, 4.69) is 34.2 Å². The summed E-state index contributed by atoms with van der Waals surface area (Å²) >= 11 is 0. The van der Waals surface area contributed by atoms with Crippen molar-refractivity contribution in [2.24, 2.45) is 0 Å². The molecule has 144 valence electrons. The number of rotatable bonds is 3. The molecule has 0 bridgehead atoms. The fourth-order valence-corrected chi connectivity index (χ4v) is 4.19. The lowest BCUT2D eigenvalue weighted by Crippen LogP contribution is -2.30. The smallest absolute Gasteiger partial charge is 0.227 e. The molecule has 1 amide bonds. The molecule has 0 saturated carbocycles. The van der Waals surface area contributed by atoms with Gasteiger partial charge in [-0.15, -0.1) is 0 Å². The Hall–Kier alpha value is -3.60. The molecule has 1 aliphatic rings. The molecule has 0 atom stereocenters. The Labute approximate surface area is 169 Å². The second-order valence-electron chi connectivity index (χ2n) is 7.62. The Morgan fingerprint density at radius 2 is 1.93 bits per heavy atom.